The molecule has 4 bridgehead atoms. The van der Waals surface area contributed by atoms with Gasteiger partial charge in [0.25, 0.3) is 0 Å². The zero-order valence-electron chi connectivity index (χ0n) is 16.9. The van der Waals surface area contributed by atoms with Gasteiger partial charge in [0.1, 0.15) is 0 Å². The van der Waals surface area contributed by atoms with Gasteiger partial charge in [-0.05, 0) is 64.0 Å². The highest BCUT2D eigenvalue weighted by atomic mass is 15.1. The van der Waals surface area contributed by atoms with Gasteiger partial charge in [-0.1, -0.05) is 12.8 Å². The van der Waals surface area contributed by atoms with Crippen LogP contribution in [0, 0.1) is 0 Å². The van der Waals surface area contributed by atoms with Crippen LogP contribution in [0.5, 0.6) is 0 Å². The van der Waals surface area contributed by atoms with Crippen molar-refractivity contribution >= 4 is 0 Å². The molecule has 0 amide bonds. The maximum Gasteiger partial charge on any atom is 0.0763 e. The SMILES string of the molecule is c1c2n[nH]c1CNCCCCCNCc1cc(n[nH]1)CNCCCCCNC2. The van der Waals surface area contributed by atoms with Gasteiger partial charge in [0, 0.05) is 37.6 Å². The summed E-state index contributed by atoms with van der Waals surface area (Å²) in [6.07, 6.45) is 7.24. The Hall–Kier alpha value is -1.74. The summed E-state index contributed by atoms with van der Waals surface area (Å²) >= 11 is 0. The number of aromatic amines is 2. The predicted molar refractivity (Wildman–Crippen MR) is 112 cm³/mol. The van der Waals surface area contributed by atoms with Gasteiger partial charge >= 0.3 is 0 Å². The van der Waals surface area contributed by atoms with E-state index in [4.69, 9.17) is 0 Å². The zero-order chi connectivity index (χ0) is 19.3. The van der Waals surface area contributed by atoms with Crippen LogP contribution in [0.25, 0.3) is 0 Å². The third-order valence-corrected chi connectivity index (χ3v) is 5.03. The number of rotatable bonds is 0. The van der Waals surface area contributed by atoms with Crippen molar-refractivity contribution in [3.05, 3.63) is 34.9 Å². The highest BCUT2D eigenvalue weighted by Gasteiger charge is 2.03. The topological polar surface area (TPSA) is 105 Å². The molecule has 0 radical (unpaired) electrons. The van der Waals surface area contributed by atoms with Crippen molar-refractivity contribution in [3.8, 4) is 0 Å². The maximum atomic E-state index is 4.39. The Morgan fingerprint density at radius 3 is 1.32 bits per heavy atom. The molecule has 1 aliphatic heterocycles. The fraction of sp³-hybridized carbons (Fsp3) is 0.700. The Balaban J connectivity index is 1.40. The minimum Gasteiger partial charge on any atom is -0.311 e. The van der Waals surface area contributed by atoms with E-state index in [1.165, 1.54) is 38.5 Å². The molecule has 0 aromatic carbocycles. The molecule has 8 heteroatoms. The van der Waals surface area contributed by atoms with E-state index < -0.39 is 0 Å². The van der Waals surface area contributed by atoms with E-state index in [1.807, 2.05) is 0 Å². The molecule has 1 aliphatic rings. The number of hydrogen-bond donors (Lipinski definition) is 6. The van der Waals surface area contributed by atoms with E-state index in [9.17, 15) is 0 Å². The Morgan fingerprint density at radius 1 is 0.500 bits per heavy atom. The Kier molecular flexibility index (Phi) is 9.49. The van der Waals surface area contributed by atoms with Crippen LogP contribution < -0.4 is 21.3 Å². The first-order chi connectivity index (χ1) is 13.9. The lowest BCUT2D eigenvalue weighted by atomic mass is 10.2. The smallest absolute Gasteiger partial charge is 0.0763 e. The monoisotopic (exact) mass is 388 g/mol. The van der Waals surface area contributed by atoms with Crippen LogP contribution in [0.4, 0.5) is 0 Å². The standard InChI is InChI=1S/C20H36N8/c1-3-7-21-13-17-11-19(27-25-17)15-23-9-5-2-6-10-24-16-20-12-18(26-28-20)14-22-8-4-1/h11-12,21-24H,1-10,13-16H2,(H,25,27)(H,26,28). The van der Waals surface area contributed by atoms with Crippen molar-refractivity contribution < 1.29 is 0 Å². The lowest BCUT2D eigenvalue weighted by Gasteiger charge is -2.05. The summed E-state index contributed by atoms with van der Waals surface area (Å²) in [6, 6.07) is 4.32. The molecule has 2 aromatic rings. The minimum absolute atomic E-state index is 0.837. The quantitative estimate of drug-likeness (QED) is 0.409. The van der Waals surface area contributed by atoms with E-state index in [0.29, 0.717) is 0 Å². The van der Waals surface area contributed by atoms with E-state index in [1.54, 1.807) is 0 Å². The van der Waals surface area contributed by atoms with Crippen LogP contribution >= 0.6 is 0 Å². The van der Waals surface area contributed by atoms with Crippen molar-refractivity contribution in [1.29, 1.82) is 0 Å². The van der Waals surface area contributed by atoms with Gasteiger partial charge in [0.2, 0.25) is 0 Å². The van der Waals surface area contributed by atoms with E-state index >= 15 is 0 Å². The lowest BCUT2D eigenvalue weighted by Crippen LogP contribution is -2.17. The van der Waals surface area contributed by atoms with Crippen molar-refractivity contribution in [2.75, 3.05) is 26.2 Å². The summed E-state index contributed by atoms with van der Waals surface area (Å²) in [5, 5.41) is 29.0. The number of nitrogens with zero attached hydrogens (tertiary/aromatic N) is 2. The first-order valence-electron chi connectivity index (χ1n) is 10.8. The largest absolute Gasteiger partial charge is 0.311 e. The third-order valence-electron chi connectivity index (χ3n) is 5.03. The zero-order valence-corrected chi connectivity index (χ0v) is 16.9. The second kappa shape index (κ2) is 12.7. The van der Waals surface area contributed by atoms with Gasteiger partial charge in [-0.15, -0.1) is 0 Å². The molecule has 3 heterocycles. The van der Waals surface area contributed by atoms with Crippen molar-refractivity contribution in [2.24, 2.45) is 0 Å². The summed E-state index contributed by atoms with van der Waals surface area (Å²) in [7, 11) is 0. The Labute approximate surface area is 168 Å². The average molecular weight is 389 g/mol. The molecule has 156 valence electrons. The first kappa shape index (κ1) is 21.0. The van der Waals surface area contributed by atoms with Gasteiger partial charge in [-0.2, -0.15) is 10.2 Å². The number of fused-ring (bicyclic) bond motifs is 4. The third kappa shape index (κ3) is 8.10. The van der Waals surface area contributed by atoms with Gasteiger partial charge in [0.15, 0.2) is 0 Å². The fourth-order valence-electron chi connectivity index (χ4n) is 3.41. The molecule has 0 aliphatic carbocycles. The number of nitrogens with one attached hydrogen (secondary N) is 6. The molecule has 0 atom stereocenters. The van der Waals surface area contributed by atoms with Gasteiger partial charge < -0.3 is 21.3 Å². The summed E-state index contributed by atoms with van der Waals surface area (Å²) in [5.74, 6) is 0. The Bertz CT molecular complexity index is 545. The second-order valence-electron chi connectivity index (χ2n) is 7.60. The van der Waals surface area contributed by atoms with Crippen molar-refractivity contribution in [3.63, 3.8) is 0 Å². The molecule has 6 N–H and O–H groups in total. The summed E-state index contributed by atoms with van der Waals surface area (Å²) in [5.41, 5.74) is 4.52. The van der Waals surface area contributed by atoms with Crippen LogP contribution in [0.2, 0.25) is 0 Å². The summed E-state index contributed by atoms with van der Waals surface area (Å²) in [6.45, 7) is 7.56. The molecular weight excluding hydrogens is 352 g/mol. The van der Waals surface area contributed by atoms with Crippen LogP contribution in [0.1, 0.15) is 61.3 Å². The maximum absolute atomic E-state index is 4.39. The van der Waals surface area contributed by atoms with Gasteiger partial charge in [-0.3, -0.25) is 10.2 Å². The van der Waals surface area contributed by atoms with E-state index in [0.717, 1.165) is 75.1 Å². The lowest BCUT2D eigenvalue weighted by molar-refractivity contribution is 0.565. The molecule has 28 heavy (non-hydrogen) atoms. The number of H-pyrrole nitrogens is 2. The Morgan fingerprint density at radius 2 is 0.893 bits per heavy atom. The molecule has 0 fully saturated rings. The predicted octanol–water partition coefficient (Wildman–Crippen LogP) is 1.55. The molecule has 3 rings (SSSR count). The molecule has 8 nitrogen and oxygen atoms in total. The van der Waals surface area contributed by atoms with Gasteiger partial charge in [0.05, 0.1) is 11.4 Å². The van der Waals surface area contributed by atoms with Crippen LogP contribution in [-0.4, -0.2) is 46.6 Å². The van der Waals surface area contributed by atoms with Gasteiger partial charge in [-0.25, -0.2) is 0 Å². The molecular formula is C20H36N8. The molecule has 0 saturated carbocycles. The van der Waals surface area contributed by atoms with Crippen LogP contribution in [0.3, 0.4) is 0 Å². The van der Waals surface area contributed by atoms with Crippen molar-refractivity contribution in [2.45, 2.75) is 64.7 Å². The fourth-order valence-corrected chi connectivity index (χ4v) is 3.41. The van der Waals surface area contributed by atoms with Crippen molar-refractivity contribution in [1.82, 2.24) is 41.7 Å². The minimum atomic E-state index is 0.837. The molecule has 0 spiro atoms. The van der Waals surface area contributed by atoms with Crippen LogP contribution in [0.15, 0.2) is 12.1 Å². The molecule has 2 aromatic heterocycles. The number of hydrogen-bond acceptors (Lipinski definition) is 6. The molecule has 0 saturated heterocycles. The first-order valence-corrected chi connectivity index (χ1v) is 10.8. The second-order valence-corrected chi connectivity index (χ2v) is 7.60. The average Bonchev–Trinajstić information content (AvgIpc) is 3.34. The molecule has 0 unspecified atom stereocenters. The summed E-state index contributed by atoms with van der Waals surface area (Å²) < 4.78 is 0. The highest BCUT2D eigenvalue weighted by Crippen LogP contribution is 2.02. The van der Waals surface area contributed by atoms with E-state index in [-0.39, 0.29) is 0 Å². The van der Waals surface area contributed by atoms with E-state index in [2.05, 4.69) is 53.8 Å². The number of aromatic nitrogens is 4. The normalized spacial score (nSPS) is 19.7. The summed E-state index contributed by atoms with van der Waals surface area (Å²) in [4.78, 5) is 0. The van der Waals surface area contributed by atoms with Crippen LogP contribution in [-0.2, 0) is 26.2 Å². The highest BCUT2D eigenvalue weighted by molar-refractivity contribution is 5.09.